The predicted octanol–water partition coefficient (Wildman–Crippen LogP) is 6.56. The number of allylic oxidation sites excluding steroid dienone is 3. The van der Waals surface area contributed by atoms with Crippen molar-refractivity contribution in [2.45, 2.75) is 92.4 Å². The average Bonchev–Trinajstić information content (AvgIpc) is 2.64. The number of fused-ring (bicyclic) bond motifs is 3. The van der Waals surface area contributed by atoms with Gasteiger partial charge in [-0.05, 0) is 66.6 Å². The monoisotopic (exact) mass is 430 g/mol. The second-order valence-electron chi connectivity index (χ2n) is 12.2. The van der Waals surface area contributed by atoms with E-state index in [0.29, 0.717) is 18.4 Å². The highest BCUT2D eigenvalue weighted by Gasteiger charge is 2.55. The molecule has 2 fully saturated rings. The van der Waals surface area contributed by atoms with Gasteiger partial charge in [0.25, 0.3) is 0 Å². The second kappa shape index (κ2) is 8.41. The van der Waals surface area contributed by atoms with Crippen LogP contribution in [-0.4, -0.2) is 23.7 Å². The van der Waals surface area contributed by atoms with Gasteiger partial charge in [0.05, 0.1) is 19.4 Å². The van der Waals surface area contributed by atoms with Crippen molar-refractivity contribution in [2.24, 2.45) is 33.5 Å². The Balaban J connectivity index is 1.71. The number of aliphatic carboxylic acids is 1. The lowest BCUT2D eigenvalue weighted by Crippen LogP contribution is -2.51. The van der Waals surface area contributed by atoms with Gasteiger partial charge in [0.2, 0.25) is 0 Å². The zero-order chi connectivity index (χ0) is 23.1. The number of carbonyl (C=O) groups excluding carboxylic acids is 1. The van der Waals surface area contributed by atoms with Gasteiger partial charge in [-0.2, -0.15) is 0 Å². The van der Waals surface area contributed by atoms with E-state index in [0.717, 1.165) is 19.3 Å². The van der Waals surface area contributed by atoms with E-state index < -0.39 is 11.4 Å². The fourth-order valence-electron chi connectivity index (χ4n) is 7.08. The van der Waals surface area contributed by atoms with Crippen LogP contribution in [0.5, 0.6) is 0 Å². The molecule has 0 heterocycles. The Morgan fingerprint density at radius 1 is 1.23 bits per heavy atom. The van der Waals surface area contributed by atoms with E-state index in [2.05, 4.69) is 39.5 Å². The topological polar surface area (TPSA) is 63.6 Å². The number of hydrogen-bond acceptors (Lipinski definition) is 3. The van der Waals surface area contributed by atoms with Gasteiger partial charge in [0, 0.05) is 5.41 Å². The normalized spacial score (nSPS) is 37.8. The van der Waals surface area contributed by atoms with Crippen molar-refractivity contribution < 1.29 is 19.4 Å². The van der Waals surface area contributed by atoms with Crippen LogP contribution in [-0.2, 0) is 14.3 Å². The zero-order valence-corrected chi connectivity index (χ0v) is 20.3. The highest BCUT2D eigenvalue weighted by atomic mass is 16.5. The summed E-state index contributed by atoms with van der Waals surface area (Å²) in [4.78, 5) is 23.6. The Kier molecular flexibility index (Phi) is 6.53. The first-order chi connectivity index (χ1) is 14.3. The predicted molar refractivity (Wildman–Crippen MR) is 124 cm³/mol. The minimum atomic E-state index is -0.877. The second-order valence-corrected chi connectivity index (χ2v) is 12.2. The third-order valence-electron chi connectivity index (χ3n) is 8.77. The van der Waals surface area contributed by atoms with Gasteiger partial charge in [-0.25, -0.2) is 0 Å². The summed E-state index contributed by atoms with van der Waals surface area (Å²) < 4.78 is 5.82. The van der Waals surface area contributed by atoms with Crippen molar-refractivity contribution in [1.82, 2.24) is 0 Å². The molecule has 31 heavy (non-hydrogen) atoms. The molecule has 0 aliphatic heterocycles. The Bertz CT molecular complexity index is 765. The molecule has 0 unspecified atom stereocenters. The lowest BCUT2D eigenvalue weighted by molar-refractivity contribution is -0.155. The van der Waals surface area contributed by atoms with Crippen molar-refractivity contribution in [3.8, 4) is 0 Å². The van der Waals surface area contributed by atoms with Crippen LogP contribution < -0.4 is 0 Å². The summed E-state index contributed by atoms with van der Waals surface area (Å²) in [6, 6.07) is 0. The molecule has 0 spiro atoms. The van der Waals surface area contributed by atoms with Crippen LogP contribution in [0.25, 0.3) is 0 Å². The lowest BCUT2D eigenvalue weighted by Gasteiger charge is -2.59. The number of carbonyl (C=O) groups is 2. The molecule has 3 aliphatic rings. The zero-order valence-electron chi connectivity index (χ0n) is 20.3. The largest absolute Gasteiger partial charge is 0.481 e. The highest BCUT2D eigenvalue weighted by molar-refractivity contribution is 5.73. The van der Waals surface area contributed by atoms with Crippen molar-refractivity contribution in [3.05, 3.63) is 24.3 Å². The minimum absolute atomic E-state index is 0.0232. The molecule has 174 valence electrons. The van der Waals surface area contributed by atoms with Gasteiger partial charge in [0.15, 0.2) is 0 Å². The smallest absolute Gasteiger partial charge is 0.306 e. The van der Waals surface area contributed by atoms with Crippen LogP contribution in [0.15, 0.2) is 24.3 Å². The number of carboxylic acids is 1. The molecule has 5 atom stereocenters. The molecular weight excluding hydrogens is 388 g/mol. The Hall–Kier alpha value is -1.58. The molecule has 0 aromatic carbocycles. The van der Waals surface area contributed by atoms with Gasteiger partial charge in [-0.1, -0.05) is 58.8 Å². The van der Waals surface area contributed by atoms with Crippen LogP contribution >= 0.6 is 0 Å². The van der Waals surface area contributed by atoms with Crippen LogP contribution in [0.1, 0.15) is 92.4 Å². The van der Waals surface area contributed by atoms with E-state index in [9.17, 15) is 9.59 Å². The molecule has 0 aromatic heterocycles. The molecule has 0 amide bonds. The molecule has 3 rings (SSSR count). The van der Waals surface area contributed by atoms with Gasteiger partial charge in [-0.15, -0.1) is 6.58 Å². The van der Waals surface area contributed by atoms with Crippen molar-refractivity contribution in [1.29, 1.82) is 0 Å². The van der Waals surface area contributed by atoms with E-state index >= 15 is 0 Å². The molecule has 3 aliphatic carbocycles. The SMILES string of the molecule is C=C[C@@]1(C)CC=C2[C@@H](CC[C@@H]3[C@](C)(COC(=O)CC(C)(C)CC(=O)O)CCC[C@@]23C)C1. The van der Waals surface area contributed by atoms with E-state index in [1.165, 1.54) is 25.7 Å². The maximum absolute atomic E-state index is 12.6. The summed E-state index contributed by atoms with van der Waals surface area (Å²) >= 11 is 0. The quantitative estimate of drug-likeness (QED) is 0.367. The summed E-state index contributed by atoms with van der Waals surface area (Å²) in [6.07, 6.45) is 12.9. The summed E-state index contributed by atoms with van der Waals surface area (Å²) in [5.41, 5.74) is 1.45. The molecule has 2 saturated carbocycles. The van der Waals surface area contributed by atoms with Crippen LogP contribution in [0.4, 0.5) is 0 Å². The van der Waals surface area contributed by atoms with Gasteiger partial charge in [-0.3, -0.25) is 9.59 Å². The van der Waals surface area contributed by atoms with Gasteiger partial charge < -0.3 is 9.84 Å². The van der Waals surface area contributed by atoms with Crippen molar-refractivity contribution in [2.75, 3.05) is 6.61 Å². The molecule has 4 heteroatoms. The van der Waals surface area contributed by atoms with Crippen LogP contribution in [0.3, 0.4) is 0 Å². The van der Waals surface area contributed by atoms with Crippen LogP contribution in [0.2, 0.25) is 0 Å². The number of ether oxygens (including phenoxy) is 1. The third kappa shape index (κ3) is 4.93. The Labute approximate surface area is 188 Å². The van der Waals surface area contributed by atoms with E-state index in [-0.39, 0.29) is 35.1 Å². The molecule has 0 aromatic rings. The van der Waals surface area contributed by atoms with E-state index in [1.807, 2.05) is 13.8 Å². The number of rotatable bonds is 7. The standard InChI is InChI=1S/C27H42O4/c1-7-25(4)14-11-20-19(15-25)9-10-21-26(5,12-8-13-27(20,21)6)18-31-23(30)17-24(2,3)16-22(28)29/h7,11,19,21H,1,8-10,12-18H2,2-6H3,(H,28,29)/t19-,21+,25-,26-,27-/m0/s1. The number of esters is 1. The minimum Gasteiger partial charge on any atom is -0.481 e. The number of hydrogen-bond donors (Lipinski definition) is 1. The first-order valence-corrected chi connectivity index (χ1v) is 12.0. The summed E-state index contributed by atoms with van der Waals surface area (Å²) in [5.74, 6) is 0.0221. The maximum atomic E-state index is 12.6. The lowest BCUT2D eigenvalue weighted by atomic mass is 9.46. The van der Waals surface area contributed by atoms with E-state index in [1.54, 1.807) is 5.57 Å². The number of carboxylic acid groups (broad SMARTS) is 1. The molecule has 0 radical (unpaired) electrons. The molecular formula is C27H42O4. The van der Waals surface area contributed by atoms with Gasteiger partial charge >= 0.3 is 11.9 Å². The average molecular weight is 431 g/mol. The summed E-state index contributed by atoms with van der Waals surface area (Å²) in [5, 5.41) is 9.07. The molecule has 4 nitrogen and oxygen atoms in total. The fraction of sp³-hybridized carbons (Fsp3) is 0.778. The Morgan fingerprint density at radius 3 is 2.58 bits per heavy atom. The third-order valence-corrected chi connectivity index (χ3v) is 8.77. The highest BCUT2D eigenvalue weighted by Crippen LogP contribution is 2.63. The molecule has 1 N–H and O–H groups in total. The first-order valence-electron chi connectivity index (χ1n) is 12.0. The first kappa shape index (κ1) is 24.1. The van der Waals surface area contributed by atoms with Crippen molar-refractivity contribution >= 4 is 11.9 Å². The Morgan fingerprint density at radius 2 is 1.94 bits per heavy atom. The molecule has 0 bridgehead atoms. The maximum Gasteiger partial charge on any atom is 0.306 e. The molecule has 0 saturated heterocycles. The summed E-state index contributed by atoms with van der Waals surface area (Å²) in [6.45, 7) is 15.3. The van der Waals surface area contributed by atoms with Crippen molar-refractivity contribution in [3.63, 3.8) is 0 Å². The van der Waals surface area contributed by atoms with E-state index in [4.69, 9.17) is 9.84 Å². The van der Waals surface area contributed by atoms with Gasteiger partial charge in [0.1, 0.15) is 0 Å². The van der Waals surface area contributed by atoms with Crippen LogP contribution in [0, 0.1) is 33.5 Å². The fourth-order valence-corrected chi connectivity index (χ4v) is 7.08. The summed E-state index contributed by atoms with van der Waals surface area (Å²) in [7, 11) is 0.